The van der Waals surface area contributed by atoms with Gasteiger partial charge in [0.15, 0.2) is 0 Å². The first-order valence-electron chi connectivity index (χ1n) is 5.96. The van der Waals surface area contributed by atoms with Crippen LogP contribution in [0, 0.1) is 5.82 Å². The Morgan fingerprint density at radius 2 is 2.00 bits per heavy atom. The molecule has 1 N–H and O–H groups in total. The Kier molecular flexibility index (Phi) is 4.34. The molecule has 2 aromatic rings. The zero-order valence-electron chi connectivity index (χ0n) is 10.2. The average Bonchev–Trinajstić information content (AvgIpc) is 2.36. The second-order valence-corrected chi connectivity index (χ2v) is 4.51. The smallest absolute Gasteiger partial charge is 0.123 e. The number of hydrogen-bond acceptors (Lipinski definition) is 1. The highest BCUT2D eigenvalue weighted by molar-refractivity contribution is 6.33. The van der Waals surface area contributed by atoms with E-state index in [1.807, 2.05) is 24.3 Å². The third-order valence-electron chi connectivity index (χ3n) is 2.75. The third-order valence-corrected chi connectivity index (χ3v) is 3.06. The molecule has 0 aliphatic heterocycles. The maximum Gasteiger partial charge on any atom is 0.123 e. The Morgan fingerprint density at radius 3 is 2.67 bits per heavy atom. The summed E-state index contributed by atoms with van der Waals surface area (Å²) in [5.74, 6) is -0.250. The van der Waals surface area contributed by atoms with Crippen molar-refractivity contribution < 1.29 is 4.39 Å². The van der Waals surface area contributed by atoms with Gasteiger partial charge in [-0.25, -0.2) is 4.39 Å². The molecular formula is C15H15ClFN. The van der Waals surface area contributed by atoms with Gasteiger partial charge >= 0.3 is 0 Å². The fraction of sp³-hybridized carbons (Fsp3) is 0.200. The summed E-state index contributed by atoms with van der Waals surface area (Å²) in [6.45, 7) is 3.77. The summed E-state index contributed by atoms with van der Waals surface area (Å²) in [5, 5.41) is 3.89. The summed E-state index contributed by atoms with van der Waals surface area (Å²) in [4.78, 5) is 0. The molecule has 3 heteroatoms. The summed E-state index contributed by atoms with van der Waals surface area (Å²) < 4.78 is 13.2. The zero-order valence-corrected chi connectivity index (χ0v) is 11.0. The Balaban J connectivity index is 2.29. The topological polar surface area (TPSA) is 12.0 Å². The van der Waals surface area contributed by atoms with Gasteiger partial charge < -0.3 is 5.32 Å². The Bertz CT molecular complexity index is 540. The first-order valence-corrected chi connectivity index (χ1v) is 6.33. The lowest BCUT2D eigenvalue weighted by molar-refractivity contribution is 0.628. The van der Waals surface area contributed by atoms with Crippen LogP contribution in [-0.2, 0) is 6.54 Å². The van der Waals surface area contributed by atoms with Crippen LogP contribution in [0.3, 0.4) is 0 Å². The molecule has 0 aliphatic rings. The van der Waals surface area contributed by atoms with E-state index in [2.05, 4.69) is 12.2 Å². The second kappa shape index (κ2) is 5.98. The number of benzene rings is 2. The maximum absolute atomic E-state index is 13.2. The first kappa shape index (κ1) is 13.1. The summed E-state index contributed by atoms with van der Waals surface area (Å²) in [7, 11) is 0. The van der Waals surface area contributed by atoms with E-state index in [4.69, 9.17) is 11.6 Å². The van der Waals surface area contributed by atoms with Crippen molar-refractivity contribution in [1.82, 2.24) is 5.32 Å². The largest absolute Gasteiger partial charge is 0.313 e. The average molecular weight is 264 g/mol. The van der Waals surface area contributed by atoms with Crippen molar-refractivity contribution in [2.45, 2.75) is 13.5 Å². The highest BCUT2D eigenvalue weighted by Gasteiger charge is 2.05. The van der Waals surface area contributed by atoms with Crippen molar-refractivity contribution in [1.29, 1.82) is 0 Å². The molecule has 0 saturated carbocycles. The van der Waals surface area contributed by atoms with E-state index in [9.17, 15) is 4.39 Å². The maximum atomic E-state index is 13.2. The summed E-state index contributed by atoms with van der Waals surface area (Å²) >= 11 is 6.24. The van der Waals surface area contributed by atoms with Crippen molar-refractivity contribution in [3.63, 3.8) is 0 Å². The van der Waals surface area contributed by atoms with Crippen molar-refractivity contribution in [3.8, 4) is 11.1 Å². The number of nitrogens with one attached hydrogen (secondary N) is 1. The number of rotatable bonds is 4. The fourth-order valence-electron chi connectivity index (χ4n) is 1.83. The highest BCUT2D eigenvalue weighted by atomic mass is 35.5. The molecule has 1 nitrogen and oxygen atoms in total. The molecule has 0 atom stereocenters. The standard InChI is InChI=1S/C15H15ClFN/c1-2-18-10-11-6-7-14(15(16)8-11)12-4-3-5-13(17)9-12/h3-9,18H,2,10H2,1H3. The molecule has 0 aliphatic carbocycles. The van der Waals surface area contributed by atoms with Gasteiger partial charge in [0.2, 0.25) is 0 Å². The third kappa shape index (κ3) is 3.09. The van der Waals surface area contributed by atoms with Gasteiger partial charge in [0.25, 0.3) is 0 Å². The van der Waals surface area contributed by atoms with Crippen molar-refractivity contribution in [3.05, 3.63) is 58.9 Å². The summed E-state index contributed by atoms with van der Waals surface area (Å²) in [6.07, 6.45) is 0. The van der Waals surface area contributed by atoms with E-state index in [0.717, 1.165) is 29.8 Å². The van der Waals surface area contributed by atoms with Crippen molar-refractivity contribution in [2.75, 3.05) is 6.54 Å². The van der Waals surface area contributed by atoms with Gasteiger partial charge in [-0.3, -0.25) is 0 Å². The molecule has 0 amide bonds. The van der Waals surface area contributed by atoms with Crippen LogP contribution in [0.4, 0.5) is 4.39 Å². The minimum Gasteiger partial charge on any atom is -0.313 e. The van der Waals surface area contributed by atoms with Crippen molar-refractivity contribution in [2.24, 2.45) is 0 Å². The lowest BCUT2D eigenvalue weighted by Crippen LogP contribution is -2.11. The van der Waals surface area contributed by atoms with Crippen LogP contribution in [-0.4, -0.2) is 6.54 Å². The molecule has 0 heterocycles. The van der Waals surface area contributed by atoms with Gasteiger partial charge in [-0.1, -0.05) is 42.8 Å². The molecule has 0 radical (unpaired) electrons. The van der Waals surface area contributed by atoms with Gasteiger partial charge in [-0.05, 0) is 35.9 Å². The molecule has 2 aromatic carbocycles. The molecule has 0 saturated heterocycles. The Hall–Kier alpha value is -1.38. The number of hydrogen-bond donors (Lipinski definition) is 1. The fourth-order valence-corrected chi connectivity index (χ4v) is 2.14. The molecule has 94 valence electrons. The van der Waals surface area contributed by atoms with Crippen LogP contribution in [0.25, 0.3) is 11.1 Å². The van der Waals surface area contributed by atoms with Gasteiger partial charge in [-0.15, -0.1) is 0 Å². The summed E-state index contributed by atoms with van der Waals surface area (Å²) in [5.41, 5.74) is 2.79. The monoisotopic (exact) mass is 263 g/mol. The molecule has 0 aromatic heterocycles. The zero-order chi connectivity index (χ0) is 13.0. The molecule has 0 spiro atoms. The van der Waals surface area contributed by atoms with Gasteiger partial charge in [-0.2, -0.15) is 0 Å². The van der Waals surface area contributed by atoms with Crippen LogP contribution >= 0.6 is 11.6 Å². The Morgan fingerprint density at radius 1 is 1.17 bits per heavy atom. The van der Waals surface area contributed by atoms with Gasteiger partial charge in [0.05, 0.1) is 0 Å². The van der Waals surface area contributed by atoms with Gasteiger partial charge in [0.1, 0.15) is 5.82 Å². The van der Waals surface area contributed by atoms with E-state index in [1.54, 1.807) is 6.07 Å². The summed E-state index contributed by atoms with van der Waals surface area (Å²) in [6, 6.07) is 12.3. The normalized spacial score (nSPS) is 10.6. The minimum atomic E-state index is -0.250. The van der Waals surface area contributed by atoms with E-state index in [-0.39, 0.29) is 5.82 Å². The quantitative estimate of drug-likeness (QED) is 0.869. The molecular weight excluding hydrogens is 249 g/mol. The molecule has 2 rings (SSSR count). The van der Waals surface area contributed by atoms with Gasteiger partial charge in [0, 0.05) is 17.1 Å². The van der Waals surface area contributed by atoms with Crippen LogP contribution in [0.5, 0.6) is 0 Å². The lowest BCUT2D eigenvalue weighted by atomic mass is 10.0. The van der Waals surface area contributed by atoms with Crippen molar-refractivity contribution >= 4 is 11.6 Å². The van der Waals surface area contributed by atoms with Crippen LogP contribution in [0.1, 0.15) is 12.5 Å². The number of halogens is 2. The first-order chi connectivity index (χ1) is 8.70. The minimum absolute atomic E-state index is 0.250. The second-order valence-electron chi connectivity index (χ2n) is 4.10. The van der Waals surface area contributed by atoms with E-state index in [0.29, 0.717) is 5.02 Å². The predicted octanol–water partition coefficient (Wildman–Crippen LogP) is 4.26. The molecule has 18 heavy (non-hydrogen) atoms. The molecule has 0 fully saturated rings. The van der Waals surface area contributed by atoms with Crippen LogP contribution in [0.15, 0.2) is 42.5 Å². The van der Waals surface area contributed by atoms with E-state index >= 15 is 0 Å². The molecule has 0 bridgehead atoms. The SMILES string of the molecule is CCNCc1ccc(-c2cccc(F)c2)c(Cl)c1. The van der Waals surface area contributed by atoms with E-state index in [1.165, 1.54) is 12.1 Å². The Labute approximate surface area is 112 Å². The van der Waals surface area contributed by atoms with E-state index < -0.39 is 0 Å². The highest BCUT2D eigenvalue weighted by Crippen LogP contribution is 2.29. The van der Waals surface area contributed by atoms with Crippen LogP contribution in [0.2, 0.25) is 5.02 Å². The lowest BCUT2D eigenvalue weighted by Gasteiger charge is -2.08. The van der Waals surface area contributed by atoms with Crippen LogP contribution < -0.4 is 5.32 Å². The predicted molar refractivity (Wildman–Crippen MR) is 74.2 cm³/mol. The molecule has 0 unspecified atom stereocenters.